The van der Waals surface area contributed by atoms with Crippen LogP contribution in [0.3, 0.4) is 0 Å². The molecule has 2 nitrogen and oxygen atoms in total. The Labute approximate surface area is 116 Å². The molecule has 3 heteroatoms. The molecule has 0 spiro atoms. The van der Waals surface area contributed by atoms with Gasteiger partial charge in [0.15, 0.2) is 0 Å². The van der Waals surface area contributed by atoms with Gasteiger partial charge in [-0.1, -0.05) is 22.0 Å². The summed E-state index contributed by atoms with van der Waals surface area (Å²) in [4.78, 5) is 4.27. The molecule has 4 saturated carbocycles. The molecule has 1 heterocycles. The summed E-state index contributed by atoms with van der Waals surface area (Å²) in [6.07, 6.45) is 9.47. The number of pyridine rings is 1. The SMILES string of the molecule is OC1C2CC3CC(Br)(C2)CC1(c1cccnc1)C3. The van der Waals surface area contributed by atoms with Crippen LogP contribution in [0, 0.1) is 11.8 Å². The van der Waals surface area contributed by atoms with Gasteiger partial charge < -0.3 is 5.11 Å². The summed E-state index contributed by atoms with van der Waals surface area (Å²) in [5.74, 6) is 1.26. The van der Waals surface area contributed by atoms with E-state index in [-0.39, 0.29) is 15.8 Å². The number of aliphatic hydroxyl groups excluding tert-OH is 1. The van der Waals surface area contributed by atoms with E-state index in [0.29, 0.717) is 5.92 Å². The zero-order chi connectivity index (χ0) is 12.4. The van der Waals surface area contributed by atoms with Gasteiger partial charge in [-0.2, -0.15) is 0 Å². The normalized spacial score (nSPS) is 49.6. The Kier molecular flexibility index (Phi) is 2.27. The number of rotatable bonds is 1. The first-order valence-corrected chi connectivity index (χ1v) is 7.68. The molecule has 5 rings (SSSR count). The molecule has 0 amide bonds. The van der Waals surface area contributed by atoms with Crippen LogP contribution in [0.5, 0.6) is 0 Å². The van der Waals surface area contributed by atoms with Crippen LogP contribution in [-0.4, -0.2) is 20.5 Å². The first-order valence-electron chi connectivity index (χ1n) is 6.89. The largest absolute Gasteiger partial charge is 0.392 e. The van der Waals surface area contributed by atoms with Crippen LogP contribution in [0.15, 0.2) is 24.5 Å². The lowest BCUT2D eigenvalue weighted by atomic mass is 9.46. The third-order valence-corrected chi connectivity index (χ3v) is 6.38. The zero-order valence-corrected chi connectivity index (χ0v) is 11.9. The van der Waals surface area contributed by atoms with E-state index in [4.69, 9.17) is 0 Å². The summed E-state index contributed by atoms with van der Waals surface area (Å²) in [5, 5.41) is 10.8. The van der Waals surface area contributed by atoms with Crippen molar-refractivity contribution in [1.29, 1.82) is 0 Å². The standard InChI is InChI=1S/C15H18BrNO/c16-14-5-10-4-11(7-14)13(18)15(6-10,9-14)12-2-1-3-17-8-12/h1-3,8,10-11,13,18H,4-7,9H2. The highest BCUT2D eigenvalue weighted by molar-refractivity contribution is 9.10. The zero-order valence-electron chi connectivity index (χ0n) is 10.3. The Morgan fingerprint density at radius 2 is 2.22 bits per heavy atom. The highest BCUT2D eigenvalue weighted by atomic mass is 79.9. The fraction of sp³-hybridized carbons (Fsp3) is 0.667. The lowest BCUT2D eigenvalue weighted by Gasteiger charge is -2.62. The Bertz CT molecular complexity index is 479. The second-order valence-corrected chi connectivity index (χ2v) is 8.33. The van der Waals surface area contributed by atoms with Gasteiger partial charge in [0, 0.05) is 22.1 Å². The van der Waals surface area contributed by atoms with E-state index in [0.717, 1.165) is 25.2 Å². The number of hydrogen-bond donors (Lipinski definition) is 1. The summed E-state index contributed by atoms with van der Waals surface area (Å²) >= 11 is 3.99. The van der Waals surface area contributed by atoms with E-state index in [1.807, 2.05) is 18.5 Å². The molecule has 1 aromatic heterocycles. The van der Waals surface area contributed by atoms with Gasteiger partial charge in [-0.15, -0.1) is 0 Å². The summed E-state index contributed by atoms with van der Waals surface area (Å²) in [6, 6.07) is 4.15. The maximum Gasteiger partial charge on any atom is 0.0666 e. The van der Waals surface area contributed by atoms with Gasteiger partial charge in [-0.05, 0) is 55.6 Å². The van der Waals surface area contributed by atoms with Crippen LogP contribution < -0.4 is 0 Å². The minimum absolute atomic E-state index is 0.0398. The maximum atomic E-state index is 10.8. The van der Waals surface area contributed by atoms with Crippen molar-refractivity contribution in [1.82, 2.24) is 4.98 Å². The fourth-order valence-corrected chi connectivity index (χ4v) is 6.46. The molecule has 4 fully saturated rings. The summed E-state index contributed by atoms with van der Waals surface area (Å²) in [7, 11) is 0. The van der Waals surface area contributed by atoms with Crippen molar-refractivity contribution in [2.45, 2.75) is 47.9 Å². The van der Waals surface area contributed by atoms with Crippen LogP contribution in [0.25, 0.3) is 0 Å². The molecular formula is C15H18BrNO. The number of hydrogen-bond acceptors (Lipinski definition) is 2. The highest BCUT2D eigenvalue weighted by Crippen LogP contribution is 2.64. The van der Waals surface area contributed by atoms with Gasteiger partial charge in [-0.25, -0.2) is 0 Å². The minimum atomic E-state index is -0.177. The van der Waals surface area contributed by atoms with Gasteiger partial charge in [0.05, 0.1) is 6.10 Å². The van der Waals surface area contributed by atoms with E-state index >= 15 is 0 Å². The van der Waals surface area contributed by atoms with Crippen LogP contribution in [0.2, 0.25) is 0 Å². The van der Waals surface area contributed by atoms with E-state index in [1.165, 1.54) is 18.4 Å². The smallest absolute Gasteiger partial charge is 0.0666 e. The van der Waals surface area contributed by atoms with Crippen LogP contribution in [-0.2, 0) is 5.41 Å². The highest BCUT2D eigenvalue weighted by Gasteiger charge is 2.62. The molecule has 0 aliphatic heterocycles. The Morgan fingerprint density at radius 3 is 2.94 bits per heavy atom. The Hall–Kier alpha value is -0.410. The van der Waals surface area contributed by atoms with Crippen LogP contribution in [0.4, 0.5) is 0 Å². The minimum Gasteiger partial charge on any atom is -0.392 e. The average molecular weight is 308 g/mol. The molecule has 4 aliphatic carbocycles. The maximum absolute atomic E-state index is 10.8. The molecule has 96 valence electrons. The molecule has 4 aliphatic rings. The van der Waals surface area contributed by atoms with E-state index in [9.17, 15) is 5.11 Å². The number of nitrogens with zero attached hydrogens (tertiary/aromatic N) is 1. The van der Waals surface area contributed by atoms with Crippen molar-refractivity contribution in [3.63, 3.8) is 0 Å². The molecule has 1 N–H and O–H groups in total. The van der Waals surface area contributed by atoms with E-state index in [2.05, 4.69) is 27.0 Å². The second kappa shape index (κ2) is 3.57. The second-order valence-electron chi connectivity index (χ2n) is 6.64. The molecule has 0 aromatic carbocycles. The van der Waals surface area contributed by atoms with Crippen LogP contribution in [0.1, 0.15) is 37.7 Å². The number of halogens is 1. The molecule has 5 unspecified atom stereocenters. The van der Waals surface area contributed by atoms with Crippen molar-refractivity contribution < 1.29 is 5.11 Å². The average Bonchev–Trinajstić information content (AvgIpc) is 2.35. The monoisotopic (exact) mass is 307 g/mol. The Balaban J connectivity index is 1.84. The summed E-state index contributed by atoms with van der Waals surface area (Å²) < 4.78 is 0.272. The number of aromatic nitrogens is 1. The van der Waals surface area contributed by atoms with Gasteiger partial charge in [0.2, 0.25) is 0 Å². The Morgan fingerprint density at radius 1 is 1.33 bits per heavy atom. The molecule has 4 bridgehead atoms. The summed E-state index contributed by atoms with van der Waals surface area (Å²) in [6.45, 7) is 0. The molecule has 0 saturated heterocycles. The topological polar surface area (TPSA) is 33.1 Å². The predicted molar refractivity (Wildman–Crippen MR) is 73.6 cm³/mol. The van der Waals surface area contributed by atoms with Crippen molar-refractivity contribution >= 4 is 15.9 Å². The molecule has 0 radical (unpaired) electrons. The van der Waals surface area contributed by atoms with Gasteiger partial charge in [-0.3, -0.25) is 4.98 Å². The van der Waals surface area contributed by atoms with Crippen molar-refractivity contribution in [2.75, 3.05) is 0 Å². The van der Waals surface area contributed by atoms with E-state index < -0.39 is 0 Å². The quantitative estimate of drug-likeness (QED) is 0.809. The predicted octanol–water partition coefficient (Wildman–Crippen LogP) is 3.04. The first-order chi connectivity index (χ1) is 8.61. The molecular weight excluding hydrogens is 290 g/mol. The molecule has 18 heavy (non-hydrogen) atoms. The third kappa shape index (κ3) is 1.41. The van der Waals surface area contributed by atoms with Crippen molar-refractivity contribution in [3.8, 4) is 0 Å². The van der Waals surface area contributed by atoms with Crippen molar-refractivity contribution in [3.05, 3.63) is 30.1 Å². The number of aliphatic hydroxyl groups is 1. The van der Waals surface area contributed by atoms with Gasteiger partial charge >= 0.3 is 0 Å². The number of alkyl halides is 1. The van der Waals surface area contributed by atoms with Gasteiger partial charge in [0.1, 0.15) is 0 Å². The molecule has 5 atom stereocenters. The van der Waals surface area contributed by atoms with Crippen LogP contribution >= 0.6 is 15.9 Å². The van der Waals surface area contributed by atoms with Gasteiger partial charge in [0.25, 0.3) is 0 Å². The lowest BCUT2D eigenvalue weighted by molar-refractivity contribution is -0.102. The first kappa shape index (κ1) is 11.4. The molecule has 1 aromatic rings. The third-order valence-electron chi connectivity index (χ3n) is 5.45. The summed E-state index contributed by atoms with van der Waals surface area (Å²) in [5.41, 5.74) is 1.21. The van der Waals surface area contributed by atoms with E-state index in [1.54, 1.807) is 0 Å². The lowest BCUT2D eigenvalue weighted by Crippen LogP contribution is -2.62. The fourth-order valence-electron chi connectivity index (χ4n) is 5.08. The van der Waals surface area contributed by atoms with Crippen molar-refractivity contribution in [2.24, 2.45) is 11.8 Å².